The number of anilines is 1. The molecule has 2 aromatic rings. The number of hydrogen-bond acceptors (Lipinski definition) is 3. The number of aryl methyl sites for hydroxylation is 1. The number of hydrogen-bond donors (Lipinski definition) is 2. The van der Waals surface area contributed by atoms with Crippen LogP contribution in [0.2, 0.25) is 0 Å². The highest BCUT2D eigenvalue weighted by Crippen LogP contribution is 2.14. The molecule has 0 saturated carbocycles. The molecule has 2 N–H and O–H groups in total. The second-order valence-electron chi connectivity index (χ2n) is 6.60. The van der Waals surface area contributed by atoms with Crippen LogP contribution < -0.4 is 10.6 Å². The topological polar surface area (TPSA) is 61.4 Å². The zero-order valence-corrected chi connectivity index (χ0v) is 16.3. The molecule has 0 aromatic heterocycles. The molecule has 0 bridgehead atoms. The van der Waals surface area contributed by atoms with Crippen molar-refractivity contribution >= 4 is 17.5 Å². The van der Waals surface area contributed by atoms with Crippen molar-refractivity contribution in [3.8, 4) is 0 Å². The first-order valence-corrected chi connectivity index (χ1v) is 9.12. The highest BCUT2D eigenvalue weighted by Gasteiger charge is 2.22. The molecule has 2 rings (SSSR count). The number of likely N-dealkylation sites (N-methyl/N-ethyl adjacent to an activating group) is 1. The average molecular weight is 389 g/mol. The third-order valence-electron chi connectivity index (χ3n) is 4.52. The van der Waals surface area contributed by atoms with Crippen molar-refractivity contribution in [2.24, 2.45) is 0 Å². The van der Waals surface area contributed by atoms with Crippen LogP contribution in [0.25, 0.3) is 0 Å². The fraction of sp³-hybridized carbons (Fsp3) is 0.333. The molecule has 0 heterocycles. The molecule has 0 saturated heterocycles. The van der Waals surface area contributed by atoms with Gasteiger partial charge >= 0.3 is 0 Å². The van der Waals surface area contributed by atoms with Gasteiger partial charge in [-0.2, -0.15) is 0 Å². The van der Waals surface area contributed by atoms with Crippen LogP contribution >= 0.6 is 0 Å². The van der Waals surface area contributed by atoms with Gasteiger partial charge in [-0.25, -0.2) is 8.78 Å². The first-order chi connectivity index (χ1) is 13.3. The van der Waals surface area contributed by atoms with Crippen LogP contribution in [0.4, 0.5) is 14.5 Å². The van der Waals surface area contributed by atoms with Gasteiger partial charge in [-0.1, -0.05) is 25.1 Å². The lowest BCUT2D eigenvalue weighted by molar-refractivity contribution is -0.125. The highest BCUT2D eigenvalue weighted by molar-refractivity contribution is 5.95. The molecular formula is C21H25F2N3O2. The summed E-state index contributed by atoms with van der Waals surface area (Å²) in [7, 11) is 0. The van der Waals surface area contributed by atoms with Gasteiger partial charge in [-0.3, -0.25) is 14.5 Å². The zero-order chi connectivity index (χ0) is 20.7. The summed E-state index contributed by atoms with van der Waals surface area (Å²) in [6, 6.07) is 9.79. The van der Waals surface area contributed by atoms with Gasteiger partial charge in [0.1, 0.15) is 11.6 Å². The standard InChI is InChI=1S/C21H25F2N3O2/c1-4-26(13-20(27)24-12-16-6-8-17(22)9-7-16)15(3)21(28)25-18-10-5-14(2)19(23)11-18/h5-11,15H,4,12-13H2,1-3H3,(H,24,27)(H,25,28). The predicted molar refractivity (Wildman–Crippen MR) is 105 cm³/mol. The third kappa shape index (κ3) is 6.13. The lowest BCUT2D eigenvalue weighted by atomic mass is 10.2. The Labute approximate surface area is 163 Å². The van der Waals surface area contributed by atoms with Crippen LogP contribution in [0.3, 0.4) is 0 Å². The Morgan fingerprint density at radius 2 is 1.79 bits per heavy atom. The van der Waals surface area contributed by atoms with Gasteiger partial charge in [0.05, 0.1) is 12.6 Å². The summed E-state index contributed by atoms with van der Waals surface area (Å²) in [4.78, 5) is 26.4. The van der Waals surface area contributed by atoms with E-state index in [0.29, 0.717) is 17.8 Å². The quantitative estimate of drug-likeness (QED) is 0.729. The summed E-state index contributed by atoms with van der Waals surface area (Å²) >= 11 is 0. The van der Waals surface area contributed by atoms with E-state index in [1.807, 2.05) is 6.92 Å². The maximum atomic E-state index is 13.6. The molecular weight excluding hydrogens is 364 g/mol. The van der Waals surface area contributed by atoms with Crippen LogP contribution in [-0.4, -0.2) is 35.8 Å². The van der Waals surface area contributed by atoms with Crippen molar-refractivity contribution in [2.45, 2.75) is 33.4 Å². The molecule has 1 atom stereocenters. The van der Waals surface area contributed by atoms with E-state index in [1.165, 1.54) is 18.2 Å². The number of benzene rings is 2. The number of halogens is 2. The van der Waals surface area contributed by atoms with E-state index in [9.17, 15) is 18.4 Å². The van der Waals surface area contributed by atoms with Crippen LogP contribution in [0, 0.1) is 18.6 Å². The van der Waals surface area contributed by atoms with Gasteiger partial charge in [0.15, 0.2) is 0 Å². The normalized spacial score (nSPS) is 11.9. The lowest BCUT2D eigenvalue weighted by Gasteiger charge is -2.26. The lowest BCUT2D eigenvalue weighted by Crippen LogP contribution is -2.46. The van der Waals surface area contributed by atoms with Gasteiger partial charge in [0.25, 0.3) is 0 Å². The monoisotopic (exact) mass is 389 g/mol. The Hall–Kier alpha value is -2.80. The SMILES string of the molecule is CCN(CC(=O)NCc1ccc(F)cc1)C(C)C(=O)Nc1ccc(C)c(F)c1. The molecule has 0 aliphatic heterocycles. The minimum atomic E-state index is -0.578. The fourth-order valence-corrected chi connectivity index (χ4v) is 2.65. The van der Waals surface area contributed by atoms with Crippen molar-refractivity contribution in [3.05, 3.63) is 65.2 Å². The van der Waals surface area contributed by atoms with Crippen molar-refractivity contribution in [1.82, 2.24) is 10.2 Å². The first-order valence-electron chi connectivity index (χ1n) is 9.12. The first kappa shape index (κ1) is 21.5. The number of nitrogens with one attached hydrogen (secondary N) is 2. The van der Waals surface area contributed by atoms with Crippen LogP contribution in [-0.2, 0) is 16.1 Å². The average Bonchev–Trinajstić information content (AvgIpc) is 2.68. The summed E-state index contributed by atoms with van der Waals surface area (Å²) in [6.07, 6.45) is 0. The van der Waals surface area contributed by atoms with E-state index in [0.717, 1.165) is 5.56 Å². The number of carbonyl (C=O) groups is 2. The van der Waals surface area contributed by atoms with E-state index in [4.69, 9.17) is 0 Å². The largest absolute Gasteiger partial charge is 0.351 e. The van der Waals surface area contributed by atoms with Gasteiger partial charge < -0.3 is 10.6 Å². The highest BCUT2D eigenvalue weighted by atomic mass is 19.1. The Balaban J connectivity index is 1.89. The molecule has 5 nitrogen and oxygen atoms in total. The Morgan fingerprint density at radius 1 is 1.11 bits per heavy atom. The van der Waals surface area contributed by atoms with E-state index in [1.54, 1.807) is 43.0 Å². The van der Waals surface area contributed by atoms with Crippen molar-refractivity contribution in [2.75, 3.05) is 18.4 Å². The molecule has 0 aliphatic carbocycles. The van der Waals surface area contributed by atoms with E-state index in [-0.39, 0.29) is 30.7 Å². The second kappa shape index (κ2) is 9.94. The minimum Gasteiger partial charge on any atom is -0.351 e. The maximum Gasteiger partial charge on any atom is 0.241 e. The van der Waals surface area contributed by atoms with E-state index < -0.39 is 11.9 Å². The summed E-state index contributed by atoms with van der Waals surface area (Å²) in [6.45, 7) is 5.99. The summed E-state index contributed by atoms with van der Waals surface area (Å²) < 4.78 is 26.6. The molecule has 2 amide bonds. The summed E-state index contributed by atoms with van der Waals surface area (Å²) in [5, 5.41) is 5.43. The van der Waals surface area contributed by atoms with Gasteiger partial charge in [-0.15, -0.1) is 0 Å². The predicted octanol–water partition coefficient (Wildman–Crippen LogP) is 3.24. The maximum absolute atomic E-state index is 13.6. The Bertz CT molecular complexity index is 825. The van der Waals surface area contributed by atoms with Gasteiger partial charge in [0, 0.05) is 12.2 Å². The molecule has 0 radical (unpaired) electrons. The van der Waals surface area contributed by atoms with Crippen molar-refractivity contribution < 1.29 is 18.4 Å². The van der Waals surface area contributed by atoms with E-state index in [2.05, 4.69) is 10.6 Å². The van der Waals surface area contributed by atoms with Gasteiger partial charge in [-0.05, 0) is 55.8 Å². The van der Waals surface area contributed by atoms with Crippen LogP contribution in [0.1, 0.15) is 25.0 Å². The van der Waals surface area contributed by atoms with Crippen LogP contribution in [0.5, 0.6) is 0 Å². The van der Waals surface area contributed by atoms with Crippen molar-refractivity contribution in [1.29, 1.82) is 0 Å². The second-order valence-corrected chi connectivity index (χ2v) is 6.60. The van der Waals surface area contributed by atoms with Gasteiger partial charge in [0.2, 0.25) is 11.8 Å². The molecule has 0 aliphatic rings. The Kier molecular flexibility index (Phi) is 7.63. The molecule has 28 heavy (non-hydrogen) atoms. The molecule has 1 unspecified atom stereocenters. The smallest absolute Gasteiger partial charge is 0.241 e. The molecule has 150 valence electrons. The number of amides is 2. The number of carbonyl (C=O) groups excluding carboxylic acids is 2. The zero-order valence-electron chi connectivity index (χ0n) is 16.3. The van der Waals surface area contributed by atoms with Crippen molar-refractivity contribution in [3.63, 3.8) is 0 Å². The summed E-state index contributed by atoms with van der Waals surface area (Å²) in [5.41, 5.74) is 1.65. The molecule has 2 aromatic carbocycles. The fourth-order valence-electron chi connectivity index (χ4n) is 2.65. The molecule has 0 fully saturated rings. The van der Waals surface area contributed by atoms with Crippen LogP contribution in [0.15, 0.2) is 42.5 Å². The number of nitrogens with zero attached hydrogens (tertiary/aromatic N) is 1. The number of rotatable bonds is 8. The molecule has 0 spiro atoms. The Morgan fingerprint density at radius 3 is 2.39 bits per heavy atom. The third-order valence-corrected chi connectivity index (χ3v) is 4.52. The van der Waals surface area contributed by atoms with E-state index >= 15 is 0 Å². The summed E-state index contributed by atoms with van der Waals surface area (Å²) in [5.74, 6) is -1.29. The molecule has 7 heteroatoms. The minimum absolute atomic E-state index is 0.0363.